The Bertz CT molecular complexity index is 1860. The van der Waals surface area contributed by atoms with Gasteiger partial charge < -0.3 is 0 Å². The minimum atomic E-state index is -0.229. The van der Waals surface area contributed by atoms with Crippen LogP contribution in [0.25, 0.3) is 38.5 Å². The van der Waals surface area contributed by atoms with E-state index in [1.54, 1.807) is 0 Å². The summed E-state index contributed by atoms with van der Waals surface area (Å²) in [6.45, 7) is 17.7. The van der Waals surface area contributed by atoms with E-state index < -0.39 is 0 Å². The quantitative estimate of drug-likeness (QED) is 0.200. The van der Waals surface area contributed by atoms with Gasteiger partial charge in [-0.1, -0.05) is 145 Å². The number of hydrogen-bond acceptors (Lipinski definition) is 1. The van der Waals surface area contributed by atoms with E-state index in [9.17, 15) is 0 Å². The predicted octanol–water partition coefficient (Wildman–Crippen LogP) is 10.9. The SMILES string of the molecule is C=C/C=C\C1=C(/C(C)(C)C)C(n2c3ccccc3c3ccccc32)=Nc2c(cccc2C(C)(C)C)-c2ccccc21. The Morgan fingerprint density at radius 3 is 1.78 bits per heavy atom. The van der Waals surface area contributed by atoms with E-state index in [0.29, 0.717) is 0 Å². The zero-order valence-corrected chi connectivity index (χ0v) is 25.0. The third-order valence-corrected chi connectivity index (χ3v) is 8.00. The van der Waals surface area contributed by atoms with Crippen molar-refractivity contribution in [1.82, 2.24) is 4.57 Å². The van der Waals surface area contributed by atoms with Crippen LogP contribution < -0.4 is 0 Å². The summed E-state index contributed by atoms with van der Waals surface area (Å²) in [6.07, 6.45) is 6.13. The Balaban J connectivity index is 1.90. The van der Waals surface area contributed by atoms with Gasteiger partial charge in [0.15, 0.2) is 0 Å². The van der Waals surface area contributed by atoms with Crippen molar-refractivity contribution < 1.29 is 0 Å². The largest absolute Gasteiger partial charge is 0.294 e. The van der Waals surface area contributed by atoms with Gasteiger partial charge >= 0.3 is 0 Å². The zero-order valence-electron chi connectivity index (χ0n) is 25.0. The molecule has 0 bridgehead atoms. The maximum atomic E-state index is 5.78. The van der Waals surface area contributed by atoms with Gasteiger partial charge in [-0.3, -0.25) is 4.57 Å². The fourth-order valence-electron chi connectivity index (χ4n) is 6.25. The van der Waals surface area contributed by atoms with Gasteiger partial charge in [0, 0.05) is 21.9 Å². The van der Waals surface area contributed by atoms with E-state index in [1.165, 1.54) is 38.6 Å². The van der Waals surface area contributed by atoms with Gasteiger partial charge in [0.05, 0.1) is 16.7 Å². The normalized spacial score (nSPS) is 15.9. The van der Waals surface area contributed by atoms with Crippen molar-refractivity contribution in [2.75, 3.05) is 0 Å². The van der Waals surface area contributed by atoms with Crippen LogP contribution in [0.2, 0.25) is 0 Å². The molecule has 0 aliphatic carbocycles. The molecule has 4 aromatic carbocycles. The Kier molecular flexibility index (Phi) is 6.46. The minimum absolute atomic E-state index is 0.0912. The summed E-state index contributed by atoms with van der Waals surface area (Å²) in [6, 6.07) is 32.8. The van der Waals surface area contributed by atoms with Crippen molar-refractivity contribution in [3.05, 3.63) is 133 Å². The van der Waals surface area contributed by atoms with Gasteiger partial charge in [-0.05, 0) is 45.2 Å². The summed E-state index contributed by atoms with van der Waals surface area (Å²) >= 11 is 0. The summed E-state index contributed by atoms with van der Waals surface area (Å²) < 4.78 is 2.39. The van der Waals surface area contributed by atoms with Crippen LogP contribution in [0.15, 0.2) is 126 Å². The molecule has 0 unspecified atom stereocenters. The third kappa shape index (κ3) is 4.48. The monoisotopic (exact) mass is 534 g/mol. The van der Waals surface area contributed by atoms with Crippen LogP contribution >= 0.6 is 0 Å². The van der Waals surface area contributed by atoms with Crippen molar-refractivity contribution >= 4 is 38.9 Å². The highest BCUT2D eigenvalue weighted by Crippen LogP contribution is 2.47. The van der Waals surface area contributed by atoms with Gasteiger partial charge in [-0.25, -0.2) is 4.99 Å². The highest BCUT2D eigenvalue weighted by atomic mass is 15.1. The molecule has 0 fully saturated rings. The number of aliphatic imine (C=N–C) groups is 1. The molecule has 2 nitrogen and oxygen atoms in total. The van der Waals surface area contributed by atoms with Gasteiger partial charge in [-0.2, -0.15) is 0 Å². The van der Waals surface area contributed by atoms with Gasteiger partial charge in [-0.15, -0.1) is 0 Å². The Morgan fingerprint density at radius 1 is 0.634 bits per heavy atom. The van der Waals surface area contributed by atoms with Crippen LogP contribution in [0.3, 0.4) is 0 Å². The molecule has 0 spiro atoms. The maximum absolute atomic E-state index is 5.78. The maximum Gasteiger partial charge on any atom is 0.142 e. The first-order valence-corrected chi connectivity index (χ1v) is 14.5. The number of nitrogens with zero attached hydrogens (tertiary/aromatic N) is 2. The van der Waals surface area contributed by atoms with Crippen LogP contribution in [0.1, 0.15) is 52.7 Å². The molecular weight excluding hydrogens is 496 g/mol. The molecule has 1 aliphatic rings. The Hall–Kier alpha value is -4.43. The van der Waals surface area contributed by atoms with Crippen LogP contribution in [0, 0.1) is 5.41 Å². The van der Waals surface area contributed by atoms with Crippen molar-refractivity contribution in [3.63, 3.8) is 0 Å². The molecule has 6 rings (SSSR count). The van der Waals surface area contributed by atoms with E-state index in [2.05, 4.69) is 156 Å². The van der Waals surface area contributed by atoms with Crippen LogP contribution in [0.5, 0.6) is 0 Å². The lowest BCUT2D eigenvalue weighted by molar-refractivity contribution is 0.524. The van der Waals surface area contributed by atoms with Gasteiger partial charge in [0.2, 0.25) is 0 Å². The van der Waals surface area contributed by atoms with E-state index in [0.717, 1.165) is 28.1 Å². The molecule has 1 aliphatic heterocycles. The fourth-order valence-corrected chi connectivity index (χ4v) is 6.25. The Labute approximate surface area is 244 Å². The molecule has 2 heterocycles. The molecule has 204 valence electrons. The fraction of sp³-hybridized carbons (Fsp3) is 0.205. The summed E-state index contributed by atoms with van der Waals surface area (Å²) in [4.78, 5) is 5.78. The number of hydrogen-bond donors (Lipinski definition) is 0. The highest BCUT2D eigenvalue weighted by Gasteiger charge is 2.33. The van der Waals surface area contributed by atoms with Crippen molar-refractivity contribution in [1.29, 1.82) is 0 Å². The first-order valence-electron chi connectivity index (χ1n) is 14.5. The van der Waals surface area contributed by atoms with E-state index in [-0.39, 0.29) is 10.8 Å². The molecule has 0 amide bonds. The molecule has 0 radical (unpaired) electrons. The summed E-state index contributed by atoms with van der Waals surface area (Å²) in [7, 11) is 0. The van der Waals surface area contributed by atoms with Gasteiger partial charge in [0.1, 0.15) is 5.84 Å². The van der Waals surface area contributed by atoms with E-state index in [1.807, 2.05) is 6.08 Å². The van der Waals surface area contributed by atoms with Crippen molar-refractivity contribution in [2.24, 2.45) is 10.4 Å². The number of rotatable bonds is 2. The standard InChI is InChI=1S/C39H38N2/c1-8-9-17-30-26-18-10-11-19-27(26)31-22-16-23-32(38(2,3)4)36(31)40-37(35(30)39(5,6)7)41-33-24-14-12-20-28(33)29-21-13-15-25-34(29)41/h8-25H,1H2,2-7H3/b17-9-,30-26?,31-27?,35-30+,37-35?,40-36?,40-37?. The lowest BCUT2D eigenvalue weighted by Gasteiger charge is -2.32. The predicted molar refractivity (Wildman–Crippen MR) is 178 cm³/mol. The average molecular weight is 535 g/mol. The lowest BCUT2D eigenvalue weighted by Crippen LogP contribution is -2.26. The van der Waals surface area contributed by atoms with E-state index >= 15 is 0 Å². The van der Waals surface area contributed by atoms with Crippen molar-refractivity contribution in [2.45, 2.75) is 47.0 Å². The number of benzene rings is 4. The summed E-state index contributed by atoms with van der Waals surface area (Å²) in [5, 5.41) is 2.46. The molecule has 0 saturated carbocycles. The van der Waals surface area contributed by atoms with Gasteiger partial charge in [0.25, 0.3) is 0 Å². The second kappa shape index (κ2) is 9.89. The molecule has 0 atom stereocenters. The topological polar surface area (TPSA) is 17.3 Å². The highest BCUT2D eigenvalue weighted by molar-refractivity contribution is 6.21. The zero-order chi connectivity index (χ0) is 28.9. The third-order valence-electron chi connectivity index (χ3n) is 8.00. The average Bonchev–Trinajstić information content (AvgIpc) is 3.27. The molecule has 1 aromatic heterocycles. The number of allylic oxidation sites excluding steroid dienone is 5. The summed E-state index contributed by atoms with van der Waals surface area (Å²) in [5.74, 6) is 0.964. The lowest BCUT2D eigenvalue weighted by atomic mass is 9.77. The molecule has 0 N–H and O–H groups in total. The molecular formula is C39H38N2. The molecule has 5 aromatic rings. The molecule has 2 heteroatoms. The van der Waals surface area contributed by atoms with Crippen LogP contribution in [-0.4, -0.2) is 10.4 Å². The second-order valence-corrected chi connectivity index (χ2v) is 12.9. The minimum Gasteiger partial charge on any atom is -0.294 e. The second-order valence-electron chi connectivity index (χ2n) is 12.9. The first-order chi connectivity index (χ1) is 19.6. The molecule has 0 saturated heterocycles. The smallest absolute Gasteiger partial charge is 0.142 e. The van der Waals surface area contributed by atoms with Crippen LogP contribution in [0.4, 0.5) is 5.69 Å². The Morgan fingerprint density at radius 2 is 1.20 bits per heavy atom. The molecule has 41 heavy (non-hydrogen) atoms. The first kappa shape index (κ1) is 26.8. The number of aromatic nitrogens is 1. The number of para-hydroxylation sites is 3. The van der Waals surface area contributed by atoms with Crippen molar-refractivity contribution in [3.8, 4) is 11.1 Å². The summed E-state index contributed by atoms with van der Waals surface area (Å²) in [5.41, 5.74) is 10.2. The van der Waals surface area contributed by atoms with E-state index in [4.69, 9.17) is 4.99 Å². The van der Waals surface area contributed by atoms with Crippen LogP contribution in [-0.2, 0) is 5.41 Å². The number of fused-ring (bicyclic) bond motifs is 6.